The van der Waals surface area contributed by atoms with Crippen molar-refractivity contribution in [1.82, 2.24) is 5.32 Å². The monoisotopic (exact) mass is 263 g/mol. The molecule has 1 aliphatic rings. The molecule has 0 saturated heterocycles. The van der Waals surface area contributed by atoms with E-state index >= 15 is 0 Å². The van der Waals surface area contributed by atoms with Crippen molar-refractivity contribution >= 4 is 34.8 Å². The van der Waals surface area contributed by atoms with E-state index in [1.807, 2.05) is 5.32 Å². The molecular formula is C9H3ClF3N2O2. The van der Waals surface area contributed by atoms with Gasteiger partial charge in [0.15, 0.2) is 0 Å². The number of nitrogens with zero attached hydrogens (tertiary/aromatic N) is 1. The van der Waals surface area contributed by atoms with Gasteiger partial charge in [-0.2, -0.15) is 13.2 Å². The summed E-state index contributed by atoms with van der Waals surface area (Å²) in [6, 6.07) is 1.74. The Balaban J connectivity index is 2.64. The van der Waals surface area contributed by atoms with Gasteiger partial charge in [0, 0.05) is 5.02 Å². The Morgan fingerprint density at radius 2 is 1.88 bits per heavy atom. The number of nitrogens with one attached hydrogen (secondary N) is 1. The molecule has 4 nitrogen and oxygen atoms in total. The number of amides is 2. The summed E-state index contributed by atoms with van der Waals surface area (Å²) in [6.07, 6.45) is -4.71. The van der Waals surface area contributed by atoms with E-state index in [2.05, 4.69) is 5.32 Å². The van der Waals surface area contributed by atoms with E-state index in [9.17, 15) is 22.8 Å². The zero-order valence-electron chi connectivity index (χ0n) is 7.93. The highest BCUT2D eigenvalue weighted by atomic mass is 35.5. The summed E-state index contributed by atoms with van der Waals surface area (Å²) in [5, 5.41) is 4.89. The quantitative estimate of drug-likeness (QED) is 0.729. The molecule has 2 rings (SSSR count). The summed E-state index contributed by atoms with van der Waals surface area (Å²) in [6.45, 7) is 0. The molecule has 1 radical (unpaired) electrons. The lowest BCUT2D eigenvalue weighted by atomic mass is 10.1. The normalized spacial score (nSPS) is 15.1. The van der Waals surface area contributed by atoms with Crippen LogP contribution in [0.4, 0.5) is 24.5 Å². The van der Waals surface area contributed by atoms with Gasteiger partial charge in [-0.1, -0.05) is 11.6 Å². The fourth-order valence-corrected chi connectivity index (χ4v) is 1.58. The lowest BCUT2D eigenvalue weighted by molar-refractivity contribution is -0.139. The maximum absolute atomic E-state index is 12.6. The lowest BCUT2D eigenvalue weighted by Crippen LogP contribution is -2.34. The van der Waals surface area contributed by atoms with Gasteiger partial charge in [-0.15, -0.1) is 0 Å². The molecule has 0 aliphatic carbocycles. The third kappa shape index (κ3) is 2.05. The number of hydrogen-bond donors (Lipinski definition) is 1. The minimum absolute atomic E-state index is 0.207. The molecule has 1 heterocycles. The van der Waals surface area contributed by atoms with Crippen LogP contribution in [0, 0.1) is 0 Å². The average Bonchev–Trinajstić information content (AvgIpc) is 2.18. The van der Waals surface area contributed by atoms with E-state index < -0.39 is 29.2 Å². The molecule has 17 heavy (non-hydrogen) atoms. The van der Waals surface area contributed by atoms with Crippen molar-refractivity contribution in [3.05, 3.63) is 22.7 Å². The molecule has 2 amide bonds. The topological polar surface area (TPSA) is 60.3 Å². The second kappa shape index (κ2) is 3.63. The Kier molecular flexibility index (Phi) is 2.50. The van der Waals surface area contributed by atoms with Crippen LogP contribution in [0.3, 0.4) is 0 Å². The lowest BCUT2D eigenvalue weighted by Gasteiger charge is -2.20. The van der Waals surface area contributed by atoms with Crippen molar-refractivity contribution in [3.8, 4) is 0 Å². The molecule has 0 bridgehead atoms. The molecule has 0 aromatic heterocycles. The summed E-state index contributed by atoms with van der Waals surface area (Å²) in [5.41, 5.74) is -2.01. The van der Waals surface area contributed by atoms with Crippen molar-refractivity contribution < 1.29 is 22.8 Å². The predicted octanol–water partition coefficient (Wildman–Crippen LogP) is 2.07. The molecule has 1 N–H and O–H groups in total. The minimum Gasteiger partial charge on any atom is -0.316 e. The maximum atomic E-state index is 12.6. The molecule has 1 aromatic rings. The van der Waals surface area contributed by atoms with Crippen LogP contribution in [-0.4, -0.2) is 11.8 Å². The first-order valence-electron chi connectivity index (χ1n) is 4.27. The zero-order chi connectivity index (χ0) is 12.8. The first-order chi connectivity index (χ1) is 7.79. The van der Waals surface area contributed by atoms with Crippen molar-refractivity contribution in [2.45, 2.75) is 6.18 Å². The first kappa shape index (κ1) is 11.7. The van der Waals surface area contributed by atoms with Crippen LogP contribution in [0.1, 0.15) is 5.56 Å². The van der Waals surface area contributed by atoms with Crippen molar-refractivity contribution in [2.75, 3.05) is 5.32 Å². The maximum Gasteiger partial charge on any atom is 0.418 e. The number of anilines is 1. The van der Waals surface area contributed by atoms with Crippen molar-refractivity contribution in [3.63, 3.8) is 0 Å². The summed E-state index contributed by atoms with van der Waals surface area (Å²) < 4.78 is 37.9. The summed E-state index contributed by atoms with van der Waals surface area (Å²) in [7, 11) is 0. The van der Waals surface area contributed by atoms with Gasteiger partial charge in [-0.05, 0) is 12.1 Å². The van der Waals surface area contributed by atoms with E-state index in [0.717, 1.165) is 6.07 Å². The Labute approximate surface area is 97.7 Å². The molecule has 0 atom stereocenters. The van der Waals surface area contributed by atoms with E-state index in [4.69, 9.17) is 11.6 Å². The Hall–Kier alpha value is -1.76. The molecule has 0 saturated carbocycles. The minimum atomic E-state index is -4.71. The van der Waals surface area contributed by atoms with Crippen LogP contribution in [0.5, 0.6) is 0 Å². The number of halogens is 4. The first-order valence-corrected chi connectivity index (χ1v) is 4.64. The number of alkyl halides is 3. The Morgan fingerprint density at radius 1 is 1.24 bits per heavy atom. The molecule has 1 aromatic carbocycles. The number of carbonyl (C=O) groups excluding carboxylic acids is 2. The number of benzene rings is 1. The van der Waals surface area contributed by atoms with E-state index in [1.165, 1.54) is 0 Å². The van der Waals surface area contributed by atoms with Gasteiger partial charge in [-0.3, -0.25) is 9.59 Å². The second-order valence-electron chi connectivity index (χ2n) is 3.22. The van der Waals surface area contributed by atoms with Crippen LogP contribution in [0.25, 0.3) is 0 Å². The number of carbonyl (C=O) groups is 2. The second-order valence-corrected chi connectivity index (χ2v) is 3.65. The Bertz CT molecular complexity index is 528. The van der Waals surface area contributed by atoms with E-state index in [0.29, 0.717) is 6.07 Å². The largest absolute Gasteiger partial charge is 0.418 e. The number of rotatable bonds is 0. The van der Waals surface area contributed by atoms with Gasteiger partial charge in [0.25, 0.3) is 0 Å². The molecular weight excluding hydrogens is 261 g/mol. The average molecular weight is 264 g/mol. The molecule has 89 valence electrons. The van der Waals surface area contributed by atoms with Gasteiger partial charge in [0.2, 0.25) is 0 Å². The van der Waals surface area contributed by atoms with Crippen LogP contribution in [-0.2, 0) is 15.8 Å². The fraction of sp³-hybridized carbons (Fsp3) is 0.111. The highest BCUT2D eigenvalue weighted by molar-refractivity contribution is 6.43. The molecule has 0 fully saturated rings. The SMILES string of the molecule is O=C1[N]c2c(cc(Cl)cc2C(F)(F)F)NC1=O. The van der Waals surface area contributed by atoms with Gasteiger partial charge in [0.05, 0.1) is 11.3 Å². The molecule has 8 heteroatoms. The summed E-state index contributed by atoms with van der Waals surface area (Å²) in [4.78, 5) is 21.9. The van der Waals surface area contributed by atoms with Crippen LogP contribution < -0.4 is 10.6 Å². The van der Waals surface area contributed by atoms with Gasteiger partial charge in [-0.25, -0.2) is 5.32 Å². The number of fused-ring (bicyclic) bond motifs is 1. The van der Waals surface area contributed by atoms with Gasteiger partial charge in [0.1, 0.15) is 5.69 Å². The van der Waals surface area contributed by atoms with Gasteiger partial charge >= 0.3 is 18.0 Å². The molecule has 0 unspecified atom stereocenters. The van der Waals surface area contributed by atoms with Crippen LogP contribution in [0.2, 0.25) is 5.02 Å². The van der Waals surface area contributed by atoms with Crippen molar-refractivity contribution in [1.29, 1.82) is 0 Å². The summed E-state index contributed by atoms with van der Waals surface area (Å²) in [5.74, 6) is -2.36. The fourth-order valence-electron chi connectivity index (χ4n) is 1.36. The predicted molar refractivity (Wildman–Crippen MR) is 51.9 cm³/mol. The van der Waals surface area contributed by atoms with E-state index in [-0.39, 0.29) is 10.7 Å². The zero-order valence-corrected chi connectivity index (χ0v) is 8.69. The van der Waals surface area contributed by atoms with Gasteiger partial charge < -0.3 is 5.32 Å². The third-order valence-corrected chi connectivity index (χ3v) is 2.25. The summed E-state index contributed by atoms with van der Waals surface area (Å²) >= 11 is 5.49. The molecule has 0 spiro atoms. The number of hydrogen-bond acceptors (Lipinski definition) is 2. The van der Waals surface area contributed by atoms with Crippen LogP contribution >= 0.6 is 11.6 Å². The Morgan fingerprint density at radius 3 is 2.47 bits per heavy atom. The highest BCUT2D eigenvalue weighted by Gasteiger charge is 2.39. The molecule has 1 aliphatic heterocycles. The van der Waals surface area contributed by atoms with Crippen LogP contribution in [0.15, 0.2) is 12.1 Å². The van der Waals surface area contributed by atoms with Crippen molar-refractivity contribution in [2.24, 2.45) is 0 Å². The highest BCUT2D eigenvalue weighted by Crippen LogP contribution is 2.42. The smallest absolute Gasteiger partial charge is 0.316 e. The third-order valence-electron chi connectivity index (χ3n) is 2.04. The van der Waals surface area contributed by atoms with E-state index in [1.54, 1.807) is 0 Å². The standard InChI is InChI=1S/C9H3ClF3N2O2/c10-3-1-4(9(11,12)13)6-5(2-3)14-7(16)8(17)15-6/h1-2H,(H,14,16).